The van der Waals surface area contributed by atoms with Gasteiger partial charge in [-0.1, -0.05) is 0 Å². The minimum atomic E-state index is -0.146. The number of hydrogen-bond acceptors (Lipinski definition) is 3. The summed E-state index contributed by atoms with van der Waals surface area (Å²) in [5.74, 6) is 0.179. The molecule has 0 bridgehead atoms. The van der Waals surface area contributed by atoms with Gasteiger partial charge in [-0.3, -0.25) is 4.79 Å². The molecule has 1 aliphatic heterocycles. The summed E-state index contributed by atoms with van der Waals surface area (Å²) in [6, 6.07) is 0.296. The Kier molecular flexibility index (Phi) is 4.80. The molecule has 17 heavy (non-hydrogen) atoms. The van der Waals surface area contributed by atoms with Crippen LogP contribution in [0.2, 0.25) is 0 Å². The third kappa shape index (κ3) is 4.28. The van der Waals surface area contributed by atoms with E-state index in [1.54, 1.807) is 0 Å². The molecule has 0 unspecified atom stereocenters. The van der Waals surface area contributed by atoms with Gasteiger partial charge in [-0.15, -0.1) is 0 Å². The lowest BCUT2D eigenvalue weighted by molar-refractivity contribution is -0.122. The van der Waals surface area contributed by atoms with Gasteiger partial charge in [0.1, 0.15) is 0 Å². The third-order valence-corrected chi connectivity index (χ3v) is 3.92. The highest BCUT2D eigenvalue weighted by Gasteiger charge is 2.21. The first-order valence-corrected chi connectivity index (χ1v) is 6.94. The summed E-state index contributed by atoms with van der Waals surface area (Å²) < 4.78 is 0. The second-order valence-corrected chi connectivity index (χ2v) is 5.37. The largest absolute Gasteiger partial charge is 0.393 e. The molecule has 2 aliphatic rings. The molecule has 0 atom stereocenters. The normalized spacial score (nSPS) is 30.4. The van der Waals surface area contributed by atoms with Crippen molar-refractivity contribution in [3.05, 3.63) is 0 Å². The highest BCUT2D eigenvalue weighted by molar-refractivity contribution is 5.76. The van der Waals surface area contributed by atoms with E-state index in [1.165, 1.54) is 12.8 Å². The number of hydrogen-bond donors (Lipinski definition) is 2. The molecule has 2 N–H and O–H groups in total. The smallest absolute Gasteiger partial charge is 0.221 e. The van der Waals surface area contributed by atoms with Gasteiger partial charge in [-0.2, -0.15) is 0 Å². The van der Waals surface area contributed by atoms with E-state index in [0.29, 0.717) is 12.5 Å². The number of nitrogens with one attached hydrogen (secondary N) is 1. The van der Waals surface area contributed by atoms with Crippen molar-refractivity contribution in [1.82, 2.24) is 10.2 Å². The van der Waals surface area contributed by atoms with E-state index < -0.39 is 0 Å². The second kappa shape index (κ2) is 6.36. The third-order valence-electron chi connectivity index (χ3n) is 3.92. The van der Waals surface area contributed by atoms with E-state index in [-0.39, 0.29) is 12.0 Å². The van der Waals surface area contributed by atoms with Crippen LogP contribution in [0.15, 0.2) is 0 Å². The van der Waals surface area contributed by atoms with Gasteiger partial charge in [0.2, 0.25) is 5.91 Å². The van der Waals surface area contributed by atoms with Crippen LogP contribution in [0.3, 0.4) is 0 Å². The molecule has 0 aromatic rings. The SMILES string of the molecule is O=C(CCN1CCCC1)NC1CCC(O)CC1. The van der Waals surface area contributed by atoms with Crippen molar-refractivity contribution in [2.45, 2.75) is 57.1 Å². The summed E-state index contributed by atoms with van der Waals surface area (Å²) in [4.78, 5) is 14.1. The second-order valence-electron chi connectivity index (χ2n) is 5.37. The van der Waals surface area contributed by atoms with Gasteiger partial charge in [0, 0.05) is 19.0 Å². The van der Waals surface area contributed by atoms with Gasteiger partial charge < -0.3 is 15.3 Å². The molecule has 2 rings (SSSR count). The molecule has 0 spiro atoms. The maximum absolute atomic E-state index is 11.7. The van der Waals surface area contributed by atoms with Crippen LogP contribution in [0.4, 0.5) is 0 Å². The van der Waals surface area contributed by atoms with E-state index in [0.717, 1.165) is 45.3 Å². The lowest BCUT2D eigenvalue weighted by atomic mass is 9.93. The van der Waals surface area contributed by atoms with Crippen LogP contribution in [0, 0.1) is 0 Å². The summed E-state index contributed by atoms with van der Waals surface area (Å²) in [6.45, 7) is 3.22. The van der Waals surface area contributed by atoms with E-state index in [2.05, 4.69) is 10.2 Å². The molecule has 1 amide bonds. The number of amides is 1. The maximum atomic E-state index is 11.7. The highest BCUT2D eigenvalue weighted by Crippen LogP contribution is 2.18. The van der Waals surface area contributed by atoms with E-state index >= 15 is 0 Å². The lowest BCUT2D eigenvalue weighted by Gasteiger charge is -2.26. The Labute approximate surface area is 103 Å². The fourth-order valence-corrected chi connectivity index (χ4v) is 2.79. The Bertz CT molecular complexity index is 244. The lowest BCUT2D eigenvalue weighted by Crippen LogP contribution is -2.39. The fraction of sp³-hybridized carbons (Fsp3) is 0.923. The summed E-state index contributed by atoms with van der Waals surface area (Å²) in [6.07, 6.45) is 6.55. The molecule has 0 aromatic heterocycles. The number of aliphatic hydroxyl groups excluding tert-OH is 1. The van der Waals surface area contributed by atoms with Crippen molar-refractivity contribution in [2.24, 2.45) is 0 Å². The molecule has 0 aromatic carbocycles. The maximum Gasteiger partial charge on any atom is 0.221 e. The van der Waals surface area contributed by atoms with Gasteiger partial charge in [0.15, 0.2) is 0 Å². The number of aliphatic hydroxyl groups is 1. The Morgan fingerprint density at radius 2 is 1.82 bits per heavy atom. The standard InChI is InChI=1S/C13H24N2O2/c16-12-5-3-11(4-6-12)14-13(17)7-10-15-8-1-2-9-15/h11-12,16H,1-10H2,(H,14,17). The van der Waals surface area contributed by atoms with Crippen molar-refractivity contribution >= 4 is 5.91 Å². The molecule has 1 heterocycles. The minimum absolute atomic E-state index is 0.146. The van der Waals surface area contributed by atoms with Crippen molar-refractivity contribution in [1.29, 1.82) is 0 Å². The molecule has 0 radical (unpaired) electrons. The van der Waals surface area contributed by atoms with Crippen molar-refractivity contribution in [3.8, 4) is 0 Å². The number of rotatable bonds is 4. The fourth-order valence-electron chi connectivity index (χ4n) is 2.79. The van der Waals surface area contributed by atoms with E-state index in [1.807, 2.05) is 0 Å². The van der Waals surface area contributed by atoms with E-state index in [9.17, 15) is 9.90 Å². The number of nitrogens with zero attached hydrogens (tertiary/aromatic N) is 1. The van der Waals surface area contributed by atoms with Crippen LogP contribution in [0.25, 0.3) is 0 Å². The number of carbonyl (C=O) groups is 1. The first kappa shape index (κ1) is 12.8. The van der Waals surface area contributed by atoms with Gasteiger partial charge in [-0.25, -0.2) is 0 Å². The Balaban J connectivity index is 1.60. The Hall–Kier alpha value is -0.610. The van der Waals surface area contributed by atoms with E-state index in [4.69, 9.17) is 0 Å². The zero-order valence-corrected chi connectivity index (χ0v) is 10.5. The molecule has 4 heteroatoms. The number of likely N-dealkylation sites (tertiary alicyclic amines) is 1. The van der Waals surface area contributed by atoms with Gasteiger partial charge in [0.25, 0.3) is 0 Å². The van der Waals surface area contributed by atoms with Crippen LogP contribution < -0.4 is 5.32 Å². The summed E-state index contributed by atoms with van der Waals surface area (Å²) in [5, 5.41) is 12.5. The monoisotopic (exact) mass is 240 g/mol. The minimum Gasteiger partial charge on any atom is -0.393 e. The zero-order valence-electron chi connectivity index (χ0n) is 10.5. The molecule has 4 nitrogen and oxygen atoms in total. The molecular weight excluding hydrogens is 216 g/mol. The van der Waals surface area contributed by atoms with Gasteiger partial charge in [0.05, 0.1) is 6.10 Å². The topological polar surface area (TPSA) is 52.6 Å². The zero-order chi connectivity index (χ0) is 12.1. The van der Waals surface area contributed by atoms with Crippen molar-refractivity contribution in [3.63, 3.8) is 0 Å². The molecule has 1 saturated carbocycles. The predicted molar refractivity (Wildman–Crippen MR) is 66.7 cm³/mol. The Morgan fingerprint density at radius 1 is 1.18 bits per heavy atom. The van der Waals surface area contributed by atoms with Gasteiger partial charge >= 0.3 is 0 Å². The number of carbonyl (C=O) groups excluding carboxylic acids is 1. The van der Waals surface area contributed by atoms with Gasteiger partial charge in [-0.05, 0) is 51.6 Å². The van der Waals surface area contributed by atoms with Crippen molar-refractivity contribution < 1.29 is 9.90 Å². The first-order valence-electron chi connectivity index (χ1n) is 6.94. The average Bonchev–Trinajstić information content (AvgIpc) is 2.83. The predicted octanol–water partition coefficient (Wildman–Crippen LogP) is 0.892. The van der Waals surface area contributed by atoms with Crippen LogP contribution in [0.1, 0.15) is 44.9 Å². The molecule has 1 saturated heterocycles. The highest BCUT2D eigenvalue weighted by atomic mass is 16.3. The van der Waals surface area contributed by atoms with Crippen LogP contribution in [0.5, 0.6) is 0 Å². The summed E-state index contributed by atoms with van der Waals surface area (Å²) >= 11 is 0. The quantitative estimate of drug-likeness (QED) is 0.767. The summed E-state index contributed by atoms with van der Waals surface area (Å²) in [5.41, 5.74) is 0. The average molecular weight is 240 g/mol. The summed E-state index contributed by atoms with van der Waals surface area (Å²) in [7, 11) is 0. The molecule has 2 fully saturated rings. The van der Waals surface area contributed by atoms with Crippen LogP contribution >= 0.6 is 0 Å². The molecular formula is C13H24N2O2. The first-order chi connectivity index (χ1) is 8.24. The van der Waals surface area contributed by atoms with Crippen LogP contribution in [-0.4, -0.2) is 47.7 Å². The van der Waals surface area contributed by atoms with Crippen LogP contribution in [-0.2, 0) is 4.79 Å². The molecule has 98 valence electrons. The molecule has 1 aliphatic carbocycles. The van der Waals surface area contributed by atoms with Crippen molar-refractivity contribution in [2.75, 3.05) is 19.6 Å². The Morgan fingerprint density at radius 3 is 2.47 bits per heavy atom.